The van der Waals surface area contributed by atoms with Gasteiger partial charge in [-0.2, -0.15) is 0 Å². The predicted molar refractivity (Wildman–Crippen MR) is 54.0 cm³/mol. The van der Waals surface area contributed by atoms with E-state index in [0.717, 1.165) is 6.42 Å². The monoisotopic (exact) mass is 297 g/mol. The molecule has 0 spiro atoms. The van der Waals surface area contributed by atoms with E-state index < -0.39 is 39.3 Å². The number of hydrogen-bond donors (Lipinski definition) is 1. The molecule has 1 aliphatic heterocycles. The van der Waals surface area contributed by atoms with Crippen LogP contribution in [0.2, 0.25) is 0 Å². The molecule has 2 rings (SSSR count). The van der Waals surface area contributed by atoms with E-state index in [1.807, 2.05) is 0 Å². The van der Waals surface area contributed by atoms with Crippen molar-refractivity contribution >= 4 is 15.9 Å². The highest BCUT2D eigenvalue weighted by Gasteiger charge is 2.30. The molecule has 0 radical (unpaired) electrons. The van der Waals surface area contributed by atoms with Crippen LogP contribution in [-0.2, 0) is 0 Å². The van der Waals surface area contributed by atoms with Crippen LogP contribution in [0.15, 0.2) is 4.47 Å². The summed E-state index contributed by atoms with van der Waals surface area (Å²) in [7, 11) is 0. The van der Waals surface area contributed by atoms with Crippen molar-refractivity contribution in [2.24, 2.45) is 0 Å². The second-order valence-electron chi connectivity index (χ2n) is 3.63. The first-order valence-corrected chi connectivity index (χ1v) is 5.58. The quantitative estimate of drug-likeness (QED) is 0.476. The summed E-state index contributed by atoms with van der Waals surface area (Å²) in [5.74, 6) is -5.43. The molecule has 1 unspecified atom stereocenters. The van der Waals surface area contributed by atoms with Crippen molar-refractivity contribution in [3.63, 3.8) is 0 Å². The lowest BCUT2D eigenvalue weighted by molar-refractivity contribution is 0.414. The van der Waals surface area contributed by atoms with E-state index in [2.05, 4.69) is 21.2 Å². The summed E-state index contributed by atoms with van der Waals surface area (Å²) in [6, 6.07) is -0.655. The summed E-state index contributed by atoms with van der Waals surface area (Å²) in [5.41, 5.74) is -0.546. The Kier molecular flexibility index (Phi) is 3.21. The second-order valence-corrected chi connectivity index (χ2v) is 4.43. The molecule has 1 aromatic rings. The van der Waals surface area contributed by atoms with Gasteiger partial charge >= 0.3 is 0 Å². The minimum absolute atomic E-state index is 0.467. The number of benzene rings is 1. The maximum absolute atomic E-state index is 13.5. The lowest BCUT2D eigenvalue weighted by atomic mass is 10.0. The second kappa shape index (κ2) is 4.33. The number of hydrogen-bond acceptors (Lipinski definition) is 1. The molecule has 1 atom stereocenters. The molecule has 1 nitrogen and oxygen atoms in total. The van der Waals surface area contributed by atoms with Gasteiger partial charge < -0.3 is 5.32 Å². The van der Waals surface area contributed by atoms with Crippen molar-refractivity contribution < 1.29 is 17.6 Å². The smallest absolute Gasteiger partial charge is 0.176 e. The van der Waals surface area contributed by atoms with Gasteiger partial charge in [-0.05, 0) is 35.3 Å². The van der Waals surface area contributed by atoms with E-state index in [0.29, 0.717) is 13.0 Å². The summed E-state index contributed by atoms with van der Waals surface area (Å²) < 4.78 is 52.7. The van der Waals surface area contributed by atoms with Crippen LogP contribution >= 0.6 is 15.9 Å². The summed E-state index contributed by atoms with van der Waals surface area (Å²) >= 11 is 2.47. The van der Waals surface area contributed by atoms with Crippen molar-refractivity contribution in [1.82, 2.24) is 5.32 Å². The van der Waals surface area contributed by atoms with E-state index in [-0.39, 0.29) is 0 Å². The molecular weight excluding hydrogens is 290 g/mol. The molecule has 0 aliphatic carbocycles. The maximum Gasteiger partial charge on any atom is 0.176 e. The Balaban J connectivity index is 2.59. The third-order valence-corrected chi connectivity index (χ3v) is 3.35. The minimum atomic E-state index is -1.39. The highest BCUT2D eigenvalue weighted by Crippen LogP contribution is 2.34. The zero-order chi connectivity index (χ0) is 11.9. The van der Waals surface area contributed by atoms with Crippen LogP contribution in [0.5, 0.6) is 0 Å². The summed E-state index contributed by atoms with van der Waals surface area (Å²) in [6.45, 7) is 0.586. The minimum Gasteiger partial charge on any atom is -0.310 e. The van der Waals surface area contributed by atoms with Gasteiger partial charge in [0.25, 0.3) is 0 Å². The summed E-state index contributed by atoms with van der Waals surface area (Å²) in [5, 5.41) is 2.80. The summed E-state index contributed by atoms with van der Waals surface area (Å²) in [6.07, 6.45) is 1.19. The van der Waals surface area contributed by atoms with Crippen LogP contribution in [0, 0.1) is 23.3 Å². The maximum atomic E-state index is 13.5. The van der Waals surface area contributed by atoms with E-state index in [4.69, 9.17) is 0 Å². The lowest BCUT2D eigenvalue weighted by Crippen LogP contribution is -2.18. The van der Waals surface area contributed by atoms with Gasteiger partial charge in [-0.15, -0.1) is 0 Å². The van der Waals surface area contributed by atoms with Gasteiger partial charge in [-0.3, -0.25) is 0 Å². The fraction of sp³-hybridized carbons (Fsp3) is 0.400. The zero-order valence-electron chi connectivity index (χ0n) is 8.09. The van der Waals surface area contributed by atoms with Gasteiger partial charge in [-0.25, -0.2) is 17.6 Å². The molecule has 0 aromatic heterocycles. The van der Waals surface area contributed by atoms with Crippen LogP contribution in [0.4, 0.5) is 17.6 Å². The highest BCUT2D eigenvalue weighted by atomic mass is 79.9. The normalized spacial score (nSPS) is 20.4. The molecule has 16 heavy (non-hydrogen) atoms. The van der Waals surface area contributed by atoms with E-state index in [1.165, 1.54) is 0 Å². The van der Waals surface area contributed by atoms with Gasteiger partial charge in [0.1, 0.15) is 0 Å². The molecule has 0 amide bonds. The first kappa shape index (κ1) is 11.9. The molecule has 1 saturated heterocycles. The Morgan fingerprint density at radius 2 is 1.56 bits per heavy atom. The van der Waals surface area contributed by atoms with Gasteiger partial charge in [-0.1, -0.05) is 0 Å². The first-order chi connectivity index (χ1) is 7.54. The van der Waals surface area contributed by atoms with Crippen molar-refractivity contribution in [2.75, 3.05) is 6.54 Å². The van der Waals surface area contributed by atoms with E-state index in [1.54, 1.807) is 0 Å². The Bertz CT molecular complexity index is 400. The fourth-order valence-electron chi connectivity index (χ4n) is 1.86. The molecule has 0 bridgehead atoms. The number of rotatable bonds is 1. The zero-order valence-corrected chi connectivity index (χ0v) is 9.67. The molecule has 88 valence electrons. The van der Waals surface area contributed by atoms with Crippen molar-refractivity contribution in [3.8, 4) is 0 Å². The van der Waals surface area contributed by atoms with Gasteiger partial charge in [0.2, 0.25) is 0 Å². The number of nitrogens with one attached hydrogen (secondary N) is 1. The van der Waals surface area contributed by atoms with Gasteiger partial charge in [0.15, 0.2) is 23.3 Å². The summed E-state index contributed by atoms with van der Waals surface area (Å²) in [4.78, 5) is 0. The average molecular weight is 298 g/mol. The van der Waals surface area contributed by atoms with E-state index in [9.17, 15) is 17.6 Å². The molecule has 1 fully saturated rings. The number of halogens is 5. The largest absolute Gasteiger partial charge is 0.310 e. The molecular formula is C10H8BrF4N. The Morgan fingerprint density at radius 1 is 1.00 bits per heavy atom. The average Bonchev–Trinajstić information content (AvgIpc) is 2.77. The third-order valence-electron chi connectivity index (χ3n) is 2.65. The standard InChI is InChI=1S/C10H8BrF4N/c11-6-9(14)7(12)5(8(13)10(6)15)4-2-1-3-16-4/h4,16H,1-3H2. The van der Waals surface area contributed by atoms with Crippen LogP contribution in [-0.4, -0.2) is 6.54 Å². The van der Waals surface area contributed by atoms with E-state index >= 15 is 0 Å². The highest BCUT2D eigenvalue weighted by molar-refractivity contribution is 9.10. The van der Waals surface area contributed by atoms with Crippen molar-refractivity contribution in [1.29, 1.82) is 0 Å². The van der Waals surface area contributed by atoms with Crippen LogP contribution in [0.25, 0.3) is 0 Å². The lowest BCUT2D eigenvalue weighted by Gasteiger charge is -2.14. The topological polar surface area (TPSA) is 12.0 Å². The Labute approximate surface area is 98.0 Å². The van der Waals surface area contributed by atoms with Crippen LogP contribution in [0.3, 0.4) is 0 Å². The third kappa shape index (κ3) is 1.73. The Hall–Kier alpha value is -0.620. The van der Waals surface area contributed by atoms with Crippen LogP contribution in [0.1, 0.15) is 24.4 Å². The predicted octanol–water partition coefficient (Wildman–Crippen LogP) is 3.43. The molecule has 1 N–H and O–H groups in total. The van der Waals surface area contributed by atoms with Gasteiger partial charge in [0, 0.05) is 11.6 Å². The fourth-order valence-corrected chi connectivity index (χ4v) is 2.21. The molecule has 1 aliphatic rings. The SMILES string of the molecule is Fc1c(F)c(C2CCCN2)c(F)c(F)c1Br. The molecule has 6 heteroatoms. The van der Waals surface area contributed by atoms with Crippen LogP contribution < -0.4 is 5.32 Å². The van der Waals surface area contributed by atoms with Crippen molar-refractivity contribution in [3.05, 3.63) is 33.3 Å². The molecule has 1 aromatic carbocycles. The molecule has 1 heterocycles. The Morgan fingerprint density at radius 3 is 2.00 bits per heavy atom. The molecule has 0 saturated carbocycles. The van der Waals surface area contributed by atoms with Gasteiger partial charge in [0.05, 0.1) is 4.47 Å². The van der Waals surface area contributed by atoms with Crippen molar-refractivity contribution in [2.45, 2.75) is 18.9 Å². The first-order valence-electron chi connectivity index (χ1n) is 4.78.